The van der Waals surface area contributed by atoms with Crippen molar-refractivity contribution in [3.63, 3.8) is 0 Å². The maximum absolute atomic E-state index is 13.0. The molecular weight excluding hydrogens is 452 g/mol. The van der Waals surface area contributed by atoms with Crippen LogP contribution >= 0.6 is 0 Å². The van der Waals surface area contributed by atoms with E-state index in [-0.39, 0.29) is 16.7 Å². The molecule has 1 unspecified atom stereocenters. The van der Waals surface area contributed by atoms with Gasteiger partial charge < -0.3 is 10.2 Å². The summed E-state index contributed by atoms with van der Waals surface area (Å²) in [6.45, 7) is 7.30. The van der Waals surface area contributed by atoms with Gasteiger partial charge in [0, 0.05) is 44.7 Å². The minimum atomic E-state index is -3.61. The molecule has 3 rings (SSSR count). The largest absolute Gasteiger partial charge is 0.354 e. The molecule has 1 saturated carbocycles. The molecule has 0 bridgehead atoms. The lowest BCUT2D eigenvalue weighted by atomic mass is 9.94. The minimum absolute atomic E-state index is 0.195. The van der Waals surface area contributed by atoms with Crippen LogP contribution in [0.25, 0.3) is 0 Å². The SMILES string of the molecule is CCN(CC)S(=O)(=O)c1ccc2c(c1)CC(C(=O)NCCCN(C)C1CCCCC1)N2C(C)=O. The van der Waals surface area contributed by atoms with Crippen molar-refractivity contribution in [3.8, 4) is 0 Å². The fourth-order valence-electron chi connectivity index (χ4n) is 5.26. The molecule has 190 valence electrons. The van der Waals surface area contributed by atoms with Gasteiger partial charge in [-0.25, -0.2) is 8.42 Å². The summed E-state index contributed by atoms with van der Waals surface area (Å²) in [6.07, 6.45) is 7.60. The highest BCUT2D eigenvalue weighted by Crippen LogP contribution is 2.35. The third kappa shape index (κ3) is 5.80. The molecule has 1 fully saturated rings. The minimum Gasteiger partial charge on any atom is -0.354 e. The predicted octanol–water partition coefficient (Wildman–Crippen LogP) is 2.77. The number of hydrogen-bond acceptors (Lipinski definition) is 5. The van der Waals surface area contributed by atoms with Crippen LogP contribution in [0.4, 0.5) is 5.69 Å². The maximum Gasteiger partial charge on any atom is 0.243 e. The molecule has 2 amide bonds. The summed E-state index contributed by atoms with van der Waals surface area (Å²) < 4.78 is 27.3. The van der Waals surface area contributed by atoms with Gasteiger partial charge in [-0.1, -0.05) is 33.1 Å². The average Bonchev–Trinajstić information content (AvgIpc) is 3.22. The van der Waals surface area contributed by atoms with E-state index in [2.05, 4.69) is 17.3 Å². The number of benzene rings is 1. The van der Waals surface area contributed by atoms with Crippen LogP contribution in [0.3, 0.4) is 0 Å². The second-order valence-electron chi connectivity index (χ2n) is 9.41. The van der Waals surface area contributed by atoms with Crippen molar-refractivity contribution in [1.82, 2.24) is 14.5 Å². The van der Waals surface area contributed by atoms with Crippen LogP contribution in [-0.4, -0.2) is 74.7 Å². The highest BCUT2D eigenvalue weighted by atomic mass is 32.2. The summed E-state index contributed by atoms with van der Waals surface area (Å²) in [5.41, 5.74) is 1.32. The van der Waals surface area contributed by atoms with Crippen LogP contribution in [-0.2, 0) is 26.0 Å². The molecule has 0 spiro atoms. The first-order chi connectivity index (χ1) is 16.2. The molecule has 1 N–H and O–H groups in total. The Bertz CT molecular complexity index is 971. The van der Waals surface area contributed by atoms with Gasteiger partial charge in [-0.15, -0.1) is 0 Å². The van der Waals surface area contributed by atoms with E-state index in [0.717, 1.165) is 13.0 Å². The van der Waals surface area contributed by atoms with Crippen LogP contribution in [0.1, 0.15) is 64.9 Å². The van der Waals surface area contributed by atoms with Gasteiger partial charge in [-0.3, -0.25) is 14.5 Å². The van der Waals surface area contributed by atoms with Gasteiger partial charge in [0.05, 0.1) is 4.90 Å². The standard InChI is InChI=1S/C25H40N4O4S/c1-5-28(6-2)34(32,33)22-13-14-23-20(17-22)18-24(29(23)19(3)30)25(31)26-15-10-16-27(4)21-11-8-7-9-12-21/h13-14,17,21,24H,5-12,15-16,18H2,1-4H3,(H,26,31). The van der Waals surface area contributed by atoms with Crippen molar-refractivity contribution in [2.75, 3.05) is 38.1 Å². The summed E-state index contributed by atoms with van der Waals surface area (Å²) >= 11 is 0. The number of sulfonamides is 1. The molecule has 1 heterocycles. The van der Waals surface area contributed by atoms with Crippen molar-refractivity contribution in [1.29, 1.82) is 0 Å². The summed E-state index contributed by atoms with van der Waals surface area (Å²) in [5, 5.41) is 3.00. The fourth-order valence-corrected chi connectivity index (χ4v) is 6.77. The number of anilines is 1. The van der Waals surface area contributed by atoms with Gasteiger partial charge in [-0.2, -0.15) is 4.31 Å². The van der Waals surface area contributed by atoms with E-state index in [1.807, 2.05) is 0 Å². The van der Waals surface area contributed by atoms with Crippen LogP contribution in [0.5, 0.6) is 0 Å². The normalized spacial score (nSPS) is 19.0. The first-order valence-corrected chi connectivity index (χ1v) is 14.1. The Labute approximate surface area is 204 Å². The van der Waals surface area contributed by atoms with Crippen LogP contribution in [0.2, 0.25) is 0 Å². The Kier molecular flexibility index (Phi) is 9.12. The number of amides is 2. The third-order valence-corrected chi connectivity index (χ3v) is 9.25. The van der Waals surface area contributed by atoms with E-state index in [9.17, 15) is 18.0 Å². The molecule has 8 nitrogen and oxygen atoms in total. The number of carbonyl (C=O) groups is 2. The molecule has 1 atom stereocenters. The lowest BCUT2D eigenvalue weighted by Gasteiger charge is -2.31. The Morgan fingerprint density at radius 1 is 1.12 bits per heavy atom. The fraction of sp³-hybridized carbons (Fsp3) is 0.680. The molecule has 34 heavy (non-hydrogen) atoms. The second kappa shape index (κ2) is 11.6. The van der Waals surface area contributed by atoms with E-state index in [4.69, 9.17) is 0 Å². The number of rotatable bonds is 10. The van der Waals surface area contributed by atoms with E-state index >= 15 is 0 Å². The summed E-state index contributed by atoms with van der Waals surface area (Å²) in [6, 6.07) is 4.79. The predicted molar refractivity (Wildman–Crippen MR) is 134 cm³/mol. The highest BCUT2D eigenvalue weighted by molar-refractivity contribution is 7.89. The quantitative estimate of drug-likeness (QED) is 0.507. The zero-order chi connectivity index (χ0) is 24.9. The molecule has 1 aliphatic heterocycles. The molecule has 0 aromatic heterocycles. The molecule has 2 aliphatic rings. The number of nitrogens with zero attached hydrogens (tertiary/aromatic N) is 3. The lowest BCUT2D eigenvalue weighted by molar-refractivity contribution is -0.125. The maximum atomic E-state index is 13.0. The molecule has 1 aromatic carbocycles. The molecule has 1 aromatic rings. The van der Waals surface area contributed by atoms with Crippen molar-refractivity contribution >= 4 is 27.5 Å². The number of hydrogen-bond donors (Lipinski definition) is 1. The number of nitrogens with one attached hydrogen (secondary N) is 1. The number of carbonyl (C=O) groups excluding carboxylic acids is 2. The van der Waals surface area contributed by atoms with E-state index in [1.165, 1.54) is 54.3 Å². The van der Waals surface area contributed by atoms with Gasteiger partial charge in [0.15, 0.2) is 0 Å². The molecular formula is C25H40N4O4S. The van der Waals surface area contributed by atoms with E-state index in [0.29, 0.717) is 43.3 Å². The number of fused-ring (bicyclic) bond motifs is 1. The van der Waals surface area contributed by atoms with Gasteiger partial charge in [0.1, 0.15) is 6.04 Å². The topological polar surface area (TPSA) is 90.0 Å². The molecule has 1 aliphatic carbocycles. The average molecular weight is 493 g/mol. The van der Waals surface area contributed by atoms with Gasteiger partial charge >= 0.3 is 0 Å². The first-order valence-electron chi connectivity index (χ1n) is 12.6. The van der Waals surface area contributed by atoms with Crippen LogP contribution in [0, 0.1) is 0 Å². The van der Waals surface area contributed by atoms with Gasteiger partial charge in [0.2, 0.25) is 21.8 Å². The van der Waals surface area contributed by atoms with Crippen molar-refractivity contribution in [3.05, 3.63) is 23.8 Å². The zero-order valence-corrected chi connectivity index (χ0v) is 21.9. The third-order valence-electron chi connectivity index (χ3n) is 7.21. The monoisotopic (exact) mass is 492 g/mol. The highest BCUT2D eigenvalue weighted by Gasteiger charge is 2.38. The lowest BCUT2D eigenvalue weighted by Crippen LogP contribution is -2.47. The van der Waals surface area contributed by atoms with Gasteiger partial charge in [-0.05, 0) is 56.6 Å². The van der Waals surface area contributed by atoms with Crippen molar-refractivity contribution in [2.24, 2.45) is 0 Å². The second-order valence-corrected chi connectivity index (χ2v) is 11.3. The Hall–Kier alpha value is -1.97. The van der Waals surface area contributed by atoms with Crippen LogP contribution in [0.15, 0.2) is 23.1 Å². The van der Waals surface area contributed by atoms with Crippen LogP contribution < -0.4 is 10.2 Å². The van der Waals surface area contributed by atoms with E-state index < -0.39 is 16.1 Å². The van der Waals surface area contributed by atoms with Gasteiger partial charge in [0.25, 0.3) is 0 Å². The summed E-state index contributed by atoms with van der Waals surface area (Å²) in [7, 11) is -1.45. The smallest absolute Gasteiger partial charge is 0.243 e. The zero-order valence-electron chi connectivity index (χ0n) is 21.0. The van der Waals surface area contributed by atoms with E-state index in [1.54, 1.807) is 26.0 Å². The van der Waals surface area contributed by atoms with Crippen molar-refractivity contribution in [2.45, 2.75) is 82.7 Å². The molecule has 0 saturated heterocycles. The van der Waals surface area contributed by atoms with Crippen molar-refractivity contribution < 1.29 is 18.0 Å². The summed E-state index contributed by atoms with van der Waals surface area (Å²) in [4.78, 5) is 29.5. The molecule has 9 heteroatoms. The Balaban J connectivity index is 1.63. The Morgan fingerprint density at radius 3 is 2.41 bits per heavy atom. The first kappa shape index (κ1) is 26.6. The molecule has 0 radical (unpaired) electrons. The summed E-state index contributed by atoms with van der Waals surface area (Å²) in [5.74, 6) is -0.421. The Morgan fingerprint density at radius 2 is 1.79 bits per heavy atom.